The molecule has 4 aliphatic rings. The molecule has 0 radical (unpaired) electrons. The molecule has 0 aromatic carbocycles. The molecule has 1 amide bonds. The monoisotopic (exact) mass is 1020 g/mol. The number of rotatable bonds is 9. The van der Waals surface area contributed by atoms with Crippen LogP contribution in [0.25, 0.3) is 0 Å². The number of carbonyl (C=O) groups excluding carboxylic acids is 5. The van der Waals surface area contributed by atoms with E-state index in [0.717, 1.165) is 24.1 Å². The Kier molecular flexibility index (Phi) is 22.5. The number of aliphatic hydroxyl groups is 2. The molecule has 3 aliphatic heterocycles. The standard InChI is InChI=1S/C56H87N5O12/c1-34-18-14-13-15-19-35(2)47(69-10)30-43-23-21-40(7)56(68,73-43)53(65)54(66)60-25-17-16-20-45(60)55(67)72-48(31-46(62)36(3)27-39(6)51(64)52(71-12)50(63)38(5)26-34)37(4)28-41-22-24-44(49(29-41)70-11)61-33-42(57-58-61)32-59(8)9/h13-15,18-19,27,33-34,36-38,40-41,43-45,47-49,51-52,64,68H,16-17,20-26,28-32H2,1-12H3/b15-13?,18-14+,35-19?,39-27+/t34-,36-,37-,38-,40-,41+,43+,44+,45+,47+,48+,49-,51-,52+,56-/m1/s1. The van der Waals surface area contributed by atoms with Crippen LogP contribution in [0.5, 0.6) is 0 Å². The van der Waals surface area contributed by atoms with Crippen LogP contribution < -0.4 is 0 Å². The summed E-state index contributed by atoms with van der Waals surface area (Å²) in [4.78, 5) is 74.7. The van der Waals surface area contributed by atoms with Gasteiger partial charge in [-0.1, -0.05) is 76.3 Å². The first-order chi connectivity index (χ1) is 34.6. The van der Waals surface area contributed by atoms with Crippen LogP contribution in [0.1, 0.15) is 137 Å². The summed E-state index contributed by atoms with van der Waals surface area (Å²) in [6.45, 7) is 13.5. The number of fused-ring (bicyclic) bond motifs is 3. The Morgan fingerprint density at radius 2 is 1.63 bits per heavy atom. The summed E-state index contributed by atoms with van der Waals surface area (Å²) >= 11 is 0. The number of ketones is 3. The fourth-order valence-corrected chi connectivity index (χ4v) is 11.3. The molecule has 1 aliphatic carbocycles. The predicted octanol–water partition coefficient (Wildman–Crippen LogP) is 6.71. The number of methoxy groups -OCH3 is 3. The molecule has 408 valence electrons. The van der Waals surface area contributed by atoms with Crippen molar-refractivity contribution >= 4 is 29.2 Å². The van der Waals surface area contributed by atoms with Gasteiger partial charge in [-0.25, -0.2) is 9.48 Å². The van der Waals surface area contributed by atoms with Crippen LogP contribution >= 0.6 is 0 Å². The smallest absolute Gasteiger partial charge is 0.329 e. The largest absolute Gasteiger partial charge is 0.460 e. The third kappa shape index (κ3) is 15.7. The minimum absolute atomic E-state index is 0.0161. The average Bonchev–Trinajstić information content (AvgIpc) is 3.82. The normalized spacial score (nSPS) is 36.2. The third-order valence-electron chi connectivity index (χ3n) is 15.9. The lowest BCUT2D eigenvalue weighted by molar-refractivity contribution is -0.265. The highest BCUT2D eigenvalue weighted by Crippen LogP contribution is 2.40. The molecule has 17 nitrogen and oxygen atoms in total. The summed E-state index contributed by atoms with van der Waals surface area (Å²) in [7, 11) is 8.62. The first kappa shape index (κ1) is 59.6. The fraction of sp³-hybridized carbons (Fsp3) is 0.732. The zero-order valence-electron chi connectivity index (χ0n) is 45.7. The van der Waals surface area contributed by atoms with E-state index in [1.54, 1.807) is 41.1 Å². The molecule has 2 bridgehead atoms. The van der Waals surface area contributed by atoms with Crippen LogP contribution in [-0.4, -0.2) is 155 Å². The van der Waals surface area contributed by atoms with Crippen molar-refractivity contribution in [2.45, 2.75) is 187 Å². The number of amides is 1. The Hall–Kier alpha value is -4.23. The minimum Gasteiger partial charge on any atom is -0.460 e. The number of aromatic nitrogens is 3. The van der Waals surface area contributed by atoms with E-state index in [-0.39, 0.29) is 60.9 Å². The molecular weight excluding hydrogens is 935 g/mol. The van der Waals surface area contributed by atoms with E-state index in [1.165, 1.54) is 12.0 Å². The summed E-state index contributed by atoms with van der Waals surface area (Å²) in [6.07, 6.45) is 14.4. The maximum atomic E-state index is 14.6. The molecule has 0 unspecified atom stereocenters. The summed E-state index contributed by atoms with van der Waals surface area (Å²) in [5, 5.41) is 32.4. The Balaban J connectivity index is 1.45. The number of aliphatic hydroxyl groups excluding tert-OH is 1. The van der Waals surface area contributed by atoms with Crippen molar-refractivity contribution in [3.8, 4) is 0 Å². The van der Waals surface area contributed by atoms with Gasteiger partial charge in [0.1, 0.15) is 30.1 Å². The second-order valence-corrected chi connectivity index (χ2v) is 22.0. The number of ether oxygens (including phenoxy) is 5. The summed E-state index contributed by atoms with van der Waals surface area (Å²) < 4.78 is 32.0. The Bertz CT molecular complexity index is 2150. The van der Waals surface area contributed by atoms with E-state index in [9.17, 15) is 34.2 Å². The zero-order valence-corrected chi connectivity index (χ0v) is 45.7. The first-order valence-electron chi connectivity index (χ1n) is 26.7. The van der Waals surface area contributed by atoms with Crippen LogP contribution in [0.2, 0.25) is 0 Å². The van der Waals surface area contributed by atoms with Gasteiger partial charge >= 0.3 is 5.97 Å². The van der Waals surface area contributed by atoms with Gasteiger partial charge in [0.05, 0.1) is 36.2 Å². The first-order valence-corrected chi connectivity index (χ1v) is 26.7. The Labute approximate surface area is 434 Å². The average molecular weight is 1020 g/mol. The minimum atomic E-state index is -2.43. The maximum absolute atomic E-state index is 14.6. The number of cyclic esters (lactones) is 1. The molecule has 15 atom stereocenters. The van der Waals surface area contributed by atoms with E-state index in [0.29, 0.717) is 63.5 Å². The van der Waals surface area contributed by atoms with Gasteiger partial charge in [-0.15, -0.1) is 5.10 Å². The van der Waals surface area contributed by atoms with Crippen LogP contribution in [0, 0.1) is 35.5 Å². The van der Waals surface area contributed by atoms with E-state index in [2.05, 4.69) is 10.3 Å². The number of Topliss-reactive ketones (excluding diaryl/α,β-unsaturated/α-hetero) is 3. The van der Waals surface area contributed by atoms with Gasteiger partial charge < -0.3 is 43.7 Å². The highest BCUT2D eigenvalue weighted by molar-refractivity contribution is 6.39. The van der Waals surface area contributed by atoms with Crippen molar-refractivity contribution in [2.24, 2.45) is 35.5 Å². The number of nitrogens with zero attached hydrogens (tertiary/aromatic N) is 5. The highest BCUT2D eigenvalue weighted by atomic mass is 16.6. The number of hydrogen-bond donors (Lipinski definition) is 2. The van der Waals surface area contributed by atoms with Gasteiger partial charge in [-0.2, -0.15) is 0 Å². The van der Waals surface area contributed by atoms with Crippen molar-refractivity contribution in [2.75, 3.05) is 42.0 Å². The Morgan fingerprint density at radius 1 is 0.890 bits per heavy atom. The molecule has 1 saturated carbocycles. The molecule has 73 heavy (non-hydrogen) atoms. The number of allylic oxidation sites excluding steroid dienone is 6. The molecule has 0 spiro atoms. The molecule has 3 fully saturated rings. The van der Waals surface area contributed by atoms with Crippen LogP contribution in [0.3, 0.4) is 0 Å². The van der Waals surface area contributed by atoms with E-state index in [1.807, 2.05) is 87.9 Å². The molecule has 1 aromatic rings. The van der Waals surface area contributed by atoms with Gasteiger partial charge in [-0.3, -0.25) is 19.2 Å². The van der Waals surface area contributed by atoms with Crippen molar-refractivity contribution in [3.63, 3.8) is 0 Å². The maximum Gasteiger partial charge on any atom is 0.329 e. The summed E-state index contributed by atoms with van der Waals surface area (Å²) in [5.41, 5.74) is 2.14. The van der Waals surface area contributed by atoms with E-state index < -0.39 is 77.8 Å². The molecule has 4 heterocycles. The lowest BCUT2D eigenvalue weighted by atomic mass is 9.77. The number of hydrogen-bond acceptors (Lipinski definition) is 15. The quantitative estimate of drug-likeness (QED) is 0.150. The van der Waals surface area contributed by atoms with Gasteiger partial charge in [0.15, 0.2) is 5.78 Å². The van der Waals surface area contributed by atoms with Crippen LogP contribution in [0.4, 0.5) is 0 Å². The molecule has 5 rings (SSSR count). The zero-order chi connectivity index (χ0) is 53.7. The summed E-state index contributed by atoms with van der Waals surface area (Å²) in [5.74, 6) is -7.90. The van der Waals surface area contributed by atoms with Crippen molar-refractivity contribution in [3.05, 3.63) is 59.5 Å². The van der Waals surface area contributed by atoms with Crippen LogP contribution in [0.15, 0.2) is 53.8 Å². The highest BCUT2D eigenvalue weighted by Gasteiger charge is 2.53. The van der Waals surface area contributed by atoms with Crippen LogP contribution in [-0.2, 0) is 54.2 Å². The second-order valence-electron chi connectivity index (χ2n) is 22.0. The van der Waals surface area contributed by atoms with Crippen molar-refractivity contribution in [1.82, 2.24) is 24.8 Å². The SMILES string of the molecule is CO[C@H]1C[C@@H]2CC[C@@H](C)[C@@](O)(O2)C(=O)C(=O)N2CCCC[C@H]2C(=O)O[C@H]([C@H](C)C[C@@H]2CC[C@H](n3cc(CN(C)C)nn3)[C@H](OC)C2)CC(=O)[C@H](C)/C=C(\C)[C@@H](O)[C@@H](OC)C(=O)[C@H](C)C[C@H](C)/C=C/C=CC=C1C. The fourth-order valence-electron chi connectivity index (χ4n) is 11.3. The number of piperidine rings is 1. The van der Waals surface area contributed by atoms with E-state index in [4.69, 9.17) is 23.7 Å². The molecular formula is C56H87N5O12. The van der Waals surface area contributed by atoms with Gasteiger partial charge in [0.25, 0.3) is 11.7 Å². The van der Waals surface area contributed by atoms with Gasteiger partial charge in [-0.05, 0) is 121 Å². The second kappa shape index (κ2) is 27.5. The molecule has 2 saturated heterocycles. The molecule has 1 aromatic heterocycles. The van der Waals surface area contributed by atoms with E-state index >= 15 is 0 Å². The third-order valence-corrected chi connectivity index (χ3v) is 15.9. The van der Waals surface area contributed by atoms with Gasteiger partial charge in [0, 0.05) is 65.0 Å². The van der Waals surface area contributed by atoms with Crippen molar-refractivity contribution in [1.29, 1.82) is 0 Å². The number of carbonyl (C=O) groups is 5. The lowest BCUT2D eigenvalue weighted by Crippen LogP contribution is -2.61. The lowest BCUT2D eigenvalue weighted by Gasteiger charge is -2.42. The Morgan fingerprint density at radius 3 is 2.32 bits per heavy atom. The van der Waals surface area contributed by atoms with Crippen molar-refractivity contribution < 1.29 is 57.9 Å². The summed E-state index contributed by atoms with van der Waals surface area (Å²) in [6, 6.07) is -1.16. The molecule has 17 heteroatoms. The number of esters is 1. The predicted molar refractivity (Wildman–Crippen MR) is 276 cm³/mol. The van der Waals surface area contributed by atoms with Gasteiger partial charge in [0.2, 0.25) is 5.79 Å². The molecule has 2 N–H and O–H groups in total. The topological polar surface area (TPSA) is 209 Å².